The third-order valence-electron chi connectivity index (χ3n) is 5.25. The summed E-state index contributed by atoms with van der Waals surface area (Å²) >= 11 is 0. The average molecular weight is 431 g/mol. The monoisotopic (exact) mass is 431 g/mol. The smallest absolute Gasteiger partial charge is 0.288 e. The molecule has 0 aliphatic rings. The number of nitrogens with zero attached hydrogens (tertiary/aromatic N) is 3. The summed E-state index contributed by atoms with van der Waals surface area (Å²) in [6.07, 6.45) is 0. The lowest BCUT2D eigenvalue weighted by Crippen LogP contribution is -2.22. The first-order valence-electron chi connectivity index (χ1n) is 10.6. The van der Waals surface area contributed by atoms with E-state index in [-0.39, 0.29) is 5.90 Å². The van der Waals surface area contributed by atoms with Crippen molar-refractivity contribution in [2.24, 2.45) is 5.16 Å². The summed E-state index contributed by atoms with van der Waals surface area (Å²) in [5.74, 6) is 0.673. The molecule has 0 fully saturated rings. The normalized spacial score (nSPS) is 11.3. The minimum atomic E-state index is 0.0713. The van der Waals surface area contributed by atoms with Gasteiger partial charge in [0, 0.05) is 22.3 Å². The molecule has 0 unspecified atom stereocenters. The molecule has 0 amide bonds. The van der Waals surface area contributed by atoms with Crippen LogP contribution in [0.1, 0.15) is 5.56 Å². The molecule has 0 bridgehead atoms. The SMILES string of the molecule is ON=C(On1c(-c2ccccc2)nc(-c2ccccc2)c1-c1ccccc1)c1ccccc1. The van der Waals surface area contributed by atoms with Gasteiger partial charge >= 0.3 is 0 Å². The highest BCUT2D eigenvalue weighted by Gasteiger charge is 2.24. The van der Waals surface area contributed by atoms with Gasteiger partial charge in [-0.15, -0.1) is 0 Å². The molecule has 0 saturated heterocycles. The summed E-state index contributed by atoms with van der Waals surface area (Å²) < 4.78 is 1.65. The van der Waals surface area contributed by atoms with Gasteiger partial charge in [0.05, 0.1) is 0 Å². The van der Waals surface area contributed by atoms with E-state index in [0.717, 1.165) is 28.1 Å². The van der Waals surface area contributed by atoms with Gasteiger partial charge < -0.3 is 10.0 Å². The Morgan fingerprint density at radius 2 is 1.12 bits per heavy atom. The van der Waals surface area contributed by atoms with Crippen molar-refractivity contribution >= 4 is 5.90 Å². The first-order chi connectivity index (χ1) is 16.3. The van der Waals surface area contributed by atoms with E-state index in [0.29, 0.717) is 11.4 Å². The molecule has 0 aliphatic heterocycles. The third-order valence-corrected chi connectivity index (χ3v) is 5.25. The van der Waals surface area contributed by atoms with Gasteiger partial charge in [-0.1, -0.05) is 109 Å². The maximum atomic E-state index is 9.82. The lowest BCUT2D eigenvalue weighted by atomic mass is 10.1. The van der Waals surface area contributed by atoms with Gasteiger partial charge in [-0.3, -0.25) is 0 Å². The quantitative estimate of drug-likeness (QED) is 0.157. The highest BCUT2D eigenvalue weighted by molar-refractivity contribution is 5.94. The fourth-order valence-electron chi connectivity index (χ4n) is 3.71. The Morgan fingerprint density at radius 1 is 0.636 bits per heavy atom. The highest BCUT2D eigenvalue weighted by atomic mass is 16.7. The summed E-state index contributed by atoms with van der Waals surface area (Å²) in [4.78, 5) is 11.3. The zero-order valence-electron chi connectivity index (χ0n) is 17.7. The second-order valence-electron chi connectivity index (χ2n) is 7.39. The van der Waals surface area contributed by atoms with Gasteiger partial charge in [0.25, 0.3) is 5.90 Å². The molecule has 1 heterocycles. The van der Waals surface area contributed by atoms with Crippen molar-refractivity contribution in [1.82, 2.24) is 9.71 Å². The molecule has 5 aromatic rings. The predicted octanol–water partition coefficient (Wildman–Crippen LogP) is 6.15. The Labute approximate surface area is 191 Å². The van der Waals surface area contributed by atoms with Crippen molar-refractivity contribution in [2.75, 3.05) is 0 Å². The van der Waals surface area contributed by atoms with Crippen molar-refractivity contribution < 1.29 is 10.0 Å². The van der Waals surface area contributed by atoms with E-state index >= 15 is 0 Å². The molecule has 5 nitrogen and oxygen atoms in total. The van der Waals surface area contributed by atoms with E-state index in [9.17, 15) is 5.21 Å². The second kappa shape index (κ2) is 9.24. The molecule has 0 atom stereocenters. The van der Waals surface area contributed by atoms with E-state index in [1.54, 1.807) is 4.73 Å². The summed E-state index contributed by atoms with van der Waals surface area (Å²) in [6.45, 7) is 0. The van der Waals surface area contributed by atoms with E-state index in [4.69, 9.17) is 9.82 Å². The minimum absolute atomic E-state index is 0.0713. The first-order valence-corrected chi connectivity index (χ1v) is 10.6. The first kappa shape index (κ1) is 20.3. The van der Waals surface area contributed by atoms with Crippen molar-refractivity contribution in [1.29, 1.82) is 0 Å². The number of benzene rings is 4. The lowest BCUT2D eigenvalue weighted by molar-refractivity contribution is 0.238. The number of oxime groups is 1. The van der Waals surface area contributed by atoms with Gasteiger partial charge in [0.1, 0.15) is 11.4 Å². The number of hydrogen-bond acceptors (Lipinski definition) is 4. The summed E-state index contributed by atoms with van der Waals surface area (Å²) in [5, 5.41) is 13.3. The zero-order chi connectivity index (χ0) is 22.5. The van der Waals surface area contributed by atoms with E-state index in [1.807, 2.05) is 121 Å². The Hall–Kier alpha value is -4.64. The van der Waals surface area contributed by atoms with Crippen LogP contribution in [0, 0.1) is 0 Å². The molecule has 1 N–H and O–H groups in total. The van der Waals surface area contributed by atoms with Gasteiger partial charge in [-0.25, -0.2) is 4.98 Å². The van der Waals surface area contributed by atoms with Gasteiger partial charge in [0.2, 0.25) is 0 Å². The topological polar surface area (TPSA) is 59.6 Å². The fraction of sp³-hybridized carbons (Fsp3) is 0. The van der Waals surface area contributed by atoms with E-state index in [1.165, 1.54) is 0 Å². The van der Waals surface area contributed by atoms with Crippen molar-refractivity contribution in [2.45, 2.75) is 0 Å². The molecule has 4 aromatic carbocycles. The van der Waals surface area contributed by atoms with Crippen molar-refractivity contribution in [3.8, 4) is 33.9 Å². The molecule has 1 aromatic heterocycles. The predicted molar refractivity (Wildman–Crippen MR) is 130 cm³/mol. The standard InChI is InChI=1S/C28H21N3O2/c32-30-28(24-19-11-4-12-20-24)33-31-26(22-15-7-2-8-16-22)25(21-13-5-1-6-14-21)29-27(31)23-17-9-3-10-18-23/h1-20,32H. The Balaban J connectivity index is 1.77. The Bertz CT molecular complexity index is 1360. The van der Waals surface area contributed by atoms with Crippen molar-refractivity contribution in [3.05, 3.63) is 127 Å². The number of imidazole rings is 1. The van der Waals surface area contributed by atoms with Crippen LogP contribution in [-0.4, -0.2) is 20.8 Å². The second-order valence-corrected chi connectivity index (χ2v) is 7.39. The summed E-state index contributed by atoms with van der Waals surface area (Å²) in [6, 6.07) is 39.0. The molecule has 33 heavy (non-hydrogen) atoms. The van der Waals surface area contributed by atoms with Gasteiger partial charge in [-0.05, 0) is 17.3 Å². The zero-order valence-corrected chi connectivity index (χ0v) is 17.7. The summed E-state index contributed by atoms with van der Waals surface area (Å²) in [5.41, 5.74) is 4.94. The van der Waals surface area contributed by atoms with Gasteiger partial charge in [-0.2, -0.15) is 4.73 Å². The molecule has 0 spiro atoms. The minimum Gasteiger partial charge on any atom is -0.408 e. The van der Waals surface area contributed by atoms with Crippen LogP contribution in [0.5, 0.6) is 0 Å². The molecular weight excluding hydrogens is 410 g/mol. The van der Waals surface area contributed by atoms with E-state index in [2.05, 4.69) is 5.16 Å². The van der Waals surface area contributed by atoms with Gasteiger partial charge in [0.15, 0.2) is 5.82 Å². The number of rotatable bonds is 5. The number of aromatic nitrogens is 2. The van der Waals surface area contributed by atoms with Crippen LogP contribution < -0.4 is 4.84 Å². The maximum absolute atomic E-state index is 9.82. The van der Waals surface area contributed by atoms with Crippen LogP contribution >= 0.6 is 0 Å². The Morgan fingerprint density at radius 3 is 1.67 bits per heavy atom. The fourth-order valence-corrected chi connectivity index (χ4v) is 3.71. The van der Waals surface area contributed by atoms with Crippen molar-refractivity contribution in [3.63, 3.8) is 0 Å². The molecule has 5 rings (SSSR count). The molecule has 5 heteroatoms. The lowest BCUT2D eigenvalue weighted by Gasteiger charge is -2.14. The van der Waals surface area contributed by atoms with Crippen LogP contribution in [-0.2, 0) is 0 Å². The van der Waals surface area contributed by atoms with Crippen LogP contribution in [0.2, 0.25) is 0 Å². The molecule has 0 aliphatic carbocycles. The average Bonchev–Trinajstić information content (AvgIpc) is 3.28. The maximum Gasteiger partial charge on any atom is 0.288 e. The third kappa shape index (κ3) is 4.12. The van der Waals surface area contributed by atoms with Crippen LogP contribution in [0.4, 0.5) is 0 Å². The summed E-state index contributed by atoms with van der Waals surface area (Å²) in [7, 11) is 0. The highest BCUT2D eigenvalue weighted by Crippen LogP contribution is 2.35. The van der Waals surface area contributed by atoms with Crippen LogP contribution in [0.3, 0.4) is 0 Å². The van der Waals surface area contributed by atoms with Crippen LogP contribution in [0.15, 0.2) is 126 Å². The number of hydrogen-bond donors (Lipinski definition) is 1. The van der Waals surface area contributed by atoms with E-state index < -0.39 is 0 Å². The van der Waals surface area contributed by atoms with Crippen LogP contribution in [0.25, 0.3) is 33.9 Å². The molecule has 160 valence electrons. The Kier molecular flexibility index (Phi) is 5.68. The molecule has 0 radical (unpaired) electrons. The largest absolute Gasteiger partial charge is 0.408 e. The molecule has 0 saturated carbocycles. The molecular formula is C28H21N3O2.